The summed E-state index contributed by atoms with van der Waals surface area (Å²) < 4.78 is 0. The Balaban J connectivity index is 1.68. The van der Waals surface area contributed by atoms with Gasteiger partial charge in [-0.1, -0.05) is 6.92 Å². The molecule has 0 bridgehead atoms. The lowest BCUT2D eigenvalue weighted by Crippen LogP contribution is -2.33. The Hall–Kier alpha value is -1.84. The van der Waals surface area contributed by atoms with Gasteiger partial charge in [0.05, 0.1) is 18.1 Å². The van der Waals surface area contributed by atoms with E-state index in [4.69, 9.17) is 0 Å². The maximum atomic E-state index is 4.10. The molecule has 4 nitrogen and oxygen atoms in total. The lowest BCUT2D eigenvalue weighted by atomic mass is 9.82. The number of hydrogen-bond donors (Lipinski definition) is 1. The Labute approximate surface area is 101 Å². The Morgan fingerprint density at radius 1 is 1.12 bits per heavy atom. The molecule has 2 aromatic rings. The zero-order valence-corrected chi connectivity index (χ0v) is 9.87. The van der Waals surface area contributed by atoms with Gasteiger partial charge < -0.3 is 5.32 Å². The molecule has 1 aliphatic carbocycles. The van der Waals surface area contributed by atoms with Crippen molar-refractivity contribution in [2.24, 2.45) is 5.92 Å². The number of rotatable bonds is 3. The zero-order valence-electron chi connectivity index (χ0n) is 9.87. The molecule has 17 heavy (non-hydrogen) atoms. The van der Waals surface area contributed by atoms with Crippen molar-refractivity contribution in [1.29, 1.82) is 0 Å². The summed E-state index contributed by atoms with van der Waals surface area (Å²) >= 11 is 0. The van der Waals surface area contributed by atoms with Gasteiger partial charge in [-0.2, -0.15) is 15.0 Å². The molecule has 0 unspecified atom stereocenters. The highest BCUT2D eigenvalue weighted by molar-refractivity contribution is 5.49. The van der Waals surface area contributed by atoms with Crippen molar-refractivity contribution in [3.8, 4) is 5.69 Å². The fourth-order valence-electron chi connectivity index (χ4n) is 2.30. The molecule has 3 rings (SSSR count). The second kappa shape index (κ2) is 4.20. The molecule has 1 heterocycles. The number of hydrogen-bond acceptors (Lipinski definition) is 3. The average molecular weight is 228 g/mol. The summed E-state index contributed by atoms with van der Waals surface area (Å²) in [6, 6.07) is 8.89. The predicted octanol–water partition coefficient (Wildman–Crippen LogP) is 2.48. The second-order valence-corrected chi connectivity index (χ2v) is 4.78. The molecular weight excluding hydrogens is 212 g/mol. The van der Waals surface area contributed by atoms with Crippen molar-refractivity contribution < 1.29 is 0 Å². The minimum atomic E-state index is 0.652. The zero-order chi connectivity index (χ0) is 11.7. The van der Waals surface area contributed by atoms with Crippen LogP contribution in [-0.2, 0) is 0 Å². The lowest BCUT2D eigenvalue weighted by Gasteiger charge is -2.34. The fourth-order valence-corrected chi connectivity index (χ4v) is 2.30. The van der Waals surface area contributed by atoms with Crippen LogP contribution in [0.5, 0.6) is 0 Å². The molecule has 1 aliphatic rings. The van der Waals surface area contributed by atoms with Gasteiger partial charge in [-0.25, -0.2) is 0 Å². The molecule has 0 amide bonds. The molecule has 1 N–H and O–H groups in total. The van der Waals surface area contributed by atoms with Crippen molar-refractivity contribution >= 4 is 5.69 Å². The first-order valence-electron chi connectivity index (χ1n) is 6.04. The van der Waals surface area contributed by atoms with Crippen LogP contribution in [0.4, 0.5) is 5.69 Å². The third-order valence-electron chi connectivity index (χ3n) is 3.26. The van der Waals surface area contributed by atoms with Crippen LogP contribution in [0.2, 0.25) is 0 Å². The number of aromatic nitrogens is 3. The number of anilines is 1. The first kappa shape index (κ1) is 10.3. The third kappa shape index (κ3) is 2.16. The summed E-state index contributed by atoms with van der Waals surface area (Å²) in [5, 5.41) is 11.7. The van der Waals surface area contributed by atoms with Gasteiger partial charge in [0.25, 0.3) is 0 Å². The van der Waals surface area contributed by atoms with Gasteiger partial charge in [0.15, 0.2) is 0 Å². The van der Waals surface area contributed by atoms with Crippen LogP contribution in [0.1, 0.15) is 19.8 Å². The molecular formula is C13H16N4. The van der Waals surface area contributed by atoms with Crippen molar-refractivity contribution in [2.75, 3.05) is 5.32 Å². The summed E-state index contributed by atoms with van der Waals surface area (Å²) in [5.41, 5.74) is 2.17. The van der Waals surface area contributed by atoms with E-state index in [0.717, 1.165) is 11.6 Å². The Morgan fingerprint density at radius 2 is 1.76 bits per heavy atom. The maximum Gasteiger partial charge on any atom is 0.0858 e. The Morgan fingerprint density at radius 3 is 2.35 bits per heavy atom. The summed E-state index contributed by atoms with van der Waals surface area (Å²) in [4.78, 5) is 1.62. The van der Waals surface area contributed by atoms with Crippen LogP contribution in [-0.4, -0.2) is 21.0 Å². The van der Waals surface area contributed by atoms with E-state index in [1.165, 1.54) is 18.5 Å². The SMILES string of the molecule is CC1CC(Nc2ccc(-n3nccn3)cc2)C1. The summed E-state index contributed by atoms with van der Waals surface area (Å²) in [6.07, 6.45) is 5.93. The van der Waals surface area contributed by atoms with E-state index in [2.05, 4.69) is 34.6 Å². The van der Waals surface area contributed by atoms with Gasteiger partial charge in [-0.15, -0.1) is 0 Å². The second-order valence-electron chi connectivity index (χ2n) is 4.78. The normalized spacial score (nSPS) is 23.1. The molecule has 88 valence electrons. The number of nitrogens with zero attached hydrogens (tertiary/aromatic N) is 3. The predicted molar refractivity (Wildman–Crippen MR) is 67.2 cm³/mol. The summed E-state index contributed by atoms with van der Waals surface area (Å²) in [7, 11) is 0. The monoisotopic (exact) mass is 228 g/mol. The van der Waals surface area contributed by atoms with Crippen molar-refractivity contribution in [3.63, 3.8) is 0 Å². The van der Waals surface area contributed by atoms with Gasteiger partial charge in [-0.05, 0) is 43.0 Å². The van der Waals surface area contributed by atoms with Crippen LogP contribution in [0.25, 0.3) is 5.69 Å². The van der Waals surface area contributed by atoms with Gasteiger partial charge in [0.2, 0.25) is 0 Å². The van der Waals surface area contributed by atoms with E-state index in [-0.39, 0.29) is 0 Å². The third-order valence-corrected chi connectivity index (χ3v) is 3.26. The highest BCUT2D eigenvalue weighted by Gasteiger charge is 2.24. The molecule has 1 aromatic carbocycles. The van der Waals surface area contributed by atoms with Crippen molar-refractivity contribution in [1.82, 2.24) is 15.0 Å². The fraction of sp³-hybridized carbons (Fsp3) is 0.385. The highest BCUT2D eigenvalue weighted by Crippen LogP contribution is 2.29. The van der Waals surface area contributed by atoms with Crippen LogP contribution < -0.4 is 5.32 Å². The van der Waals surface area contributed by atoms with Crippen molar-refractivity contribution in [3.05, 3.63) is 36.7 Å². The van der Waals surface area contributed by atoms with E-state index in [1.54, 1.807) is 17.2 Å². The Kier molecular flexibility index (Phi) is 2.55. The van der Waals surface area contributed by atoms with E-state index >= 15 is 0 Å². The molecule has 0 aliphatic heterocycles. The molecule has 1 saturated carbocycles. The summed E-state index contributed by atoms with van der Waals surface area (Å²) in [6.45, 7) is 2.30. The van der Waals surface area contributed by atoms with Crippen LogP contribution in [0.3, 0.4) is 0 Å². The van der Waals surface area contributed by atoms with E-state index in [9.17, 15) is 0 Å². The van der Waals surface area contributed by atoms with Crippen LogP contribution in [0.15, 0.2) is 36.7 Å². The molecule has 0 radical (unpaired) electrons. The number of benzene rings is 1. The molecule has 1 aromatic heterocycles. The largest absolute Gasteiger partial charge is 0.382 e. The van der Waals surface area contributed by atoms with Gasteiger partial charge in [0.1, 0.15) is 0 Å². The average Bonchev–Trinajstić information content (AvgIpc) is 2.81. The first-order chi connectivity index (χ1) is 8.31. The van der Waals surface area contributed by atoms with Gasteiger partial charge in [0, 0.05) is 11.7 Å². The smallest absolute Gasteiger partial charge is 0.0858 e. The Bertz CT molecular complexity index is 469. The first-order valence-corrected chi connectivity index (χ1v) is 6.04. The minimum absolute atomic E-state index is 0.652. The molecule has 0 atom stereocenters. The van der Waals surface area contributed by atoms with E-state index in [1.807, 2.05) is 12.1 Å². The van der Waals surface area contributed by atoms with Gasteiger partial charge >= 0.3 is 0 Å². The quantitative estimate of drug-likeness (QED) is 0.877. The molecule has 0 spiro atoms. The van der Waals surface area contributed by atoms with E-state index in [0.29, 0.717) is 6.04 Å². The lowest BCUT2D eigenvalue weighted by molar-refractivity contribution is 0.309. The highest BCUT2D eigenvalue weighted by atomic mass is 15.5. The summed E-state index contributed by atoms with van der Waals surface area (Å²) in [5.74, 6) is 0.875. The minimum Gasteiger partial charge on any atom is -0.382 e. The van der Waals surface area contributed by atoms with Crippen LogP contribution in [0, 0.1) is 5.92 Å². The van der Waals surface area contributed by atoms with E-state index < -0.39 is 0 Å². The van der Waals surface area contributed by atoms with Crippen molar-refractivity contribution in [2.45, 2.75) is 25.8 Å². The molecule has 1 fully saturated rings. The maximum absolute atomic E-state index is 4.10. The van der Waals surface area contributed by atoms with Gasteiger partial charge in [-0.3, -0.25) is 0 Å². The van der Waals surface area contributed by atoms with Crippen LogP contribution >= 0.6 is 0 Å². The number of nitrogens with one attached hydrogen (secondary N) is 1. The molecule has 0 saturated heterocycles. The molecule has 4 heteroatoms. The topological polar surface area (TPSA) is 42.7 Å². The standard InChI is InChI=1S/C13H16N4/c1-10-8-12(9-10)16-11-2-4-13(5-3-11)17-14-6-7-15-17/h2-7,10,12,16H,8-9H2,1H3.